The third kappa shape index (κ3) is 6.73. The van der Waals surface area contributed by atoms with Crippen molar-refractivity contribution in [1.29, 1.82) is 0 Å². The second-order valence-corrected chi connectivity index (χ2v) is 6.56. The van der Waals surface area contributed by atoms with E-state index in [0.29, 0.717) is 25.7 Å². The molecule has 17 heavy (non-hydrogen) atoms. The fraction of sp³-hybridized carbons (Fsp3) is 0.750. The van der Waals surface area contributed by atoms with Gasteiger partial charge in [0.2, 0.25) is 0 Å². The molecule has 0 aliphatic carbocycles. The smallest absolute Gasteiger partial charge is 0.188 e. The maximum atomic E-state index is 12.0. The number of aliphatic hydroxyl groups excluding tert-OH is 1. The number of hydrogen-bond donors (Lipinski definition) is 1. The Labute approximate surface area is 105 Å². The first-order valence-corrected chi connectivity index (χ1v) is 8.27. The fourth-order valence-electron chi connectivity index (χ4n) is 1.62. The fourth-order valence-corrected chi connectivity index (χ4v) is 4.36. The summed E-state index contributed by atoms with van der Waals surface area (Å²) in [6, 6.07) is 0.713. The summed E-state index contributed by atoms with van der Waals surface area (Å²) in [6.45, 7) is 6.80. The first-order chi connectivity index (χ1) is 8.21. The molecule has 0 aliphatic heterocycles. The molecule has 4 nitrogen and oxygen atoms in total. The van der Waals surface area contributed by atoms with E-state index < -0.39 is 8.80 Å². The Kier molecular flexibility index (Phi) is 10.3. The largest absolute Gasteiger partial charge is 0.396 e. The van der Waals surface area contributed by atoms with E-state index in [1.165, 1.54) is 0 Å². The third-order valence-corrected chi connectivity index (χ3v) is 5.36. The van der Waals surface area contributed by atoms with Crippen molar-refractivity contribution < 1.29 is 19.4 Å². The van der Waals surface area contributed by atoms with Gasteiger partial charge in [0.25, 0.3) is 0 Å². The van der Waals surface area contributed by atoms with Gasteiger partial charge in [-0.15, -0.1) is 0 Å². The number of hydrogen-bond acceptors (Lipinski definition) is 4. The van der Waals surface area contributed by atoms with E-state index in [0.717, 1.165) is 0 Å². The van der Waals surface area contributed by atoms with Crippen LogP contribution in [-0.4, -0.2) is 45.0 Å². The number of aliphatic hydroxyl groups is 1. The molecule has 0 aromatic heterocycles. The predicted molar refractivity (Wildman–Crippen MR) is 70.5 cm³/mol. The number of carbonyl (C=O) groups excluding carboxylic acids is 1. The molecule has 1 atom stereocenters. The molecule has 0 aromatic carbocycles. The highest BCUT2D eigenvalue weighted by Gasteiger charge is 2.29. The summed E-state index contributed by atoms with van der Waals surface area (Å²) >= 11 is 0. The molecule has 0 saturated carbocycles. The summed E-state index contributed by atoms with van der Waals surface area (Å²) in [5.74, 6) is -0.375. The van der Waals surface area contributed by atoms with Crippen LogP contribution in [0.2, 0.25) is 6.04 Å². The highest BCUT2D eigenvalue weighted by molar-refractivity contribution is 6.92. The van der Waals surface area contributed by atoms with Gasteiger partial charge in [0, 0.05) is 19.8 Å². The summed E-state index contributed by atoms with van der Waals surface area (Å²) in [7, 11) is -1.84. The van der Waals surface area contributed by atoms with Gasteiger partial charge < -0.3 is 19.4 Å². The summed E-state index contributed by atoms with van der Waals surface area (Å²) in [4.78, 5) is 12.0. The molecule has 100 valence electrons. The van der Waals surface area contributed by atoms with Crippen molar-refractivity contribution in [2.45, 2.75) is 39.1 Å². The average Bonchev–Trinajstić information content (AvgIpc) is 2.30. The van der Waals surface area contributed by atoms with Crippen LogP contribution in [0.15, 0.2) is 12.2 Å². The van der Waals surface area contributed by atoms with Crippen LogP contribution in [0.5, 0.6) is 0 Å². The van der Waals surface area contributed by atoms with Gasteiger partial charge in [0.05, 0.1) is 0 Å². The van der Waals surface area contributed by atoms with Crippen molar-refractivity contribution in [3.63, 3.8) is 0 Å². The Morgan fingerprint density at radius 2 is 1.94 bits per heavy atom. The monoisotopic (exact) mass is 260 g/mol. The number of rotatable bonds is 10. The van der Waals surface area contributed by atoms with Crippen LogP contribution in [0.3, 0.4) is 0 Å². The molecule has 1 unspecified atom stereocenters. The summed E-state index contributed by atoms with van der Waals surface area (Å²) in [5, 5.41) is 9.01. The van der Waals surface area contributed by atoms with E-state index in [4.69, 9.17) is 14.6 Å². The molecule has 0 fully saturated rings. The highest BCUT2D eigenvalue weighted by Crippen LogP contribution is 2.10. The number of allylic oxidation sites excluding steroid dienone is 2. The standard InChI is InChI=1S/C12H24O4Si/c1-4-8-11(14)17(10-7-9-13)12(15-5-2)16-6-3/h4,8,12-13,17H,5-7,9-10H2,1-3H3. The maximum absolute atomic E-state index is 12.0. The lowest BCUT2D eigenvalue weighted by atomic mass is 10.5. The van der Waals surface area contributed by atoms with E-state index >= 15 is 0 Å². The minimum absolute atomic E-state index is 0.109. The minimum Gasteiger partial charge on any atom is -0.396 e. The molecule has 5 heteroatoms. The Morgan fingerprint density at radius 1 is 1.35 bits per heavy atom. The van der Waals surface area contributed by atoms with Crippen molar-refractivity contribution >= 4 is 14.2 Å². The van der Waals surface area contributed by atoms with Gasteiger partial charge in [0.1, 0.15) is 11.3 Å². The molecule has 0 bridgehead atoms. The van der Waals surface area contributed by atoms with E-state index in [1.807, 2.05) is 20.8 Å². The molecule has 0 amide bonds. The van der Waals surface area contributed by atoms with Gasteiger partial charge >= 0.3 is 0 Å². The van der Waals surface area contributed by atoms with Gasteiger partial charge in [-0.3, -0.25) is 0 Å². The predicted octanol–water partition coefficient (Wildman–Crippen LogP) is 1.22. The Bertz CT molecular complexity index is 225. The molecule has 0 heterocycles. The van der Waals surface area contributed by atoms with Gasteiger partial charge in [-0.1, -0.05) is 6.08 Å². The molecule has 0 aliphatic rings. The van der Waals surface area contributed by atoms with Crippen molar-refractivity contribution in [1.82, 2.24) is 0 Å². The zero-order valence-corrected chi connectivity index (χ0v) is 12.2. The van der Waals surface area contributed by atoms with Crippen LogP contribution < -0.4 is 0 Å². The molecular formula is C12H24O4Si. The van der Waals surface area contributed by atoms with E-state index in [9.17, 15) is 4.79 Å². The third-order valence-electron chi connectivity index (χ3n) is 2.36. The lowest BCUT2D eigenvalue weighted by Crippen LogP contribution is -2.42. The number of carbonyl (C=O) groups is 1. The number of ether oxygens (including phenoxy) is 2. The van der Waals surface area contributed by atoms with Crippen LogP contribution in [0.1, 0.15) is 27.2 Å². The van der Waals surface area contributed by atoms with Crippen LogP contribution in [0, 0.1) is 0 Å². The average molecular weight is 260 g/mol. The lowest BCUT2D eigenvalue weighted by molar-refractivity contribution is -0.113. The minimum atomic E-state index is -1.84. The highest BCUT2D eigenvalue weighted by atomic mass is 28.3. The van der Waals surface area contributed by atoms with Crippen molar-refractivity contribution in [3.8, 4) is 0 Å². The van der Waals surface area contributed by atoms with Gasteiger partial charge in [-0.05, 0) is 39.3 Å². The second kappa shape index (κ2) is 10.6. The van der Waals surface area contributed by atoms with Crippen LogP contribution >= 0.6 is 0 Å². The lowest BCUT2D eigenvalue weighted by Gasteiger charge is -2.23. The first-order valence-electron chi connectivity index (χ1n) is 6.21. The quantitative estimate of drug-likeness (QED) is 0.364. The molecule has 0 radical (unpaired) electrons. The molecular weight excluding hydrogens is 236 g/mol. The Morgan fingerprint density at radius 3 is 2.35 bits per heavy atom. The van der Waals surface area contributed by atoms with E-state index in [2.05, 4.69) is 0 Å². The molecule has 1 N–H and O–H groups in total. The van der Waals surface area contributed by atoms with Gasteiger partial charge in [0.15, 0.2) is 8.80 Å². The topological polar surface area (TPSA) is 55.8 Å². The molecule has 0 rings (SSSR count). The molecule has 0 spiro atoms. The zero-order valence-electron chi connectivity index (χ0n) is 11.0. The van der Waals surface area contributed by atoms with Crippen molar-refractivity contribution in [2.75, 3.05) is 19.8 Å². The van der Waals surface area contributed by atoms with Crippen molar-refractivity contribution in [2.24, 2.45) is 0 Å². The summed E-state index contributed by atoms with van der Waals surface area (Å²) < 4.78 is 11.0. The summed E-state index contributed by atoms with van der Waals surface area (Å²) in [5.41, 5.74) is 0. The van der Waals surface area contributed by atoms with Crippen LogP contribution in [0.25, 0.3) is 0 Å². The molecule has 0 saturated heterocycles. The van der Waals surface area contributed by atoms with E-state index in [-0.39, 0.29) is 17.9 Å². The SMILES string of the molecule is CC=CC(=O)[SiH](CCCO)C(OCC)OCC. The van der Waals surface area contributed by atoms with E-state index in [1.54, 1.807) is 12.2 Å². The second-order valence-electron chi connectivity index (χ2n) is 3.65. The Hall–Kier alpha value is -0.493. The normalized spacial score (nSPS) is 13.5. The van der Waals surface area contributed by atoms with Crippen LogP contribution in [0.4, 0.5) is 0 Å². The van der Waals surface area contributed by atoms with Gasteiger partial charge in [-0.2, -0.15) is 0 Å². The maximum Gasteiger partial charge on any atom is 0.188 e. The van der Waals surface area contributed by atoms with Crippen molar-refractivity contribution in [3.05, 3.63) is 12.2 Å². The Balaban J connectivity index is 4.63. The van der Waals surface area contributed by atoms with Gasteiger partial charge in [-0.25, -0.2) is 0 Å². The first kappa shape index (κ1) is 16.5. The molecule has 0 aromatic rings. The van der Waals surface area contributed by atoms with Crippen LogP contribution in [-0.2, 0) is 14.3 Å². The zero-order chi connectivity index (χ0) is 13.1. The summed E-state index contributed by atoms with van der Waals surface area (Å²) in [6.07, 6.45) is 3.98.